The average molecular weight is 160 g/mol. The molecule has 0 bridgehead atoms. The molecule has 0 fully saturated rings. The fourth-order valence-electron chi connectivity index (χ4n) is 0.234. The molecule has 1 atom stereocenters. The van der Waals surface area contributed by atoms with Crippen LogP contribution in [0.4, 0.5) is 0 Å². The van der Waals surface area contributed by atoms with Crippen LogP contribution in [0.2, 0.25) is 0 Å². The van der Waals surface area contributed by atoms with E-state index in [1.165, 1.54) is 0 Å². The third-order valence-corrected chi connectivity index (χ3v) is 3.47. The van der Waals surface area contributed by atoms with Crippen LogP contribution < -0.4 is 0 Å². The van der Waals surface area contributed by atoms with Gasteiger partial charge in [-0.05, 0) is 6.92 Å². The number of hydrogen-bond donors (Lipinski definition) is 0. The Morgan fingerprint density at radius 1 is 1.56 bits per heavy atom. The molecule has 9 heavy (non-hydrogen) atoms. The van der Waals surface area contributed by atoms with Crippen molar-refractivity contribution in [3.8, 4) is 0 Å². The van der Waals surface area contributed by atoms with Gasteiger partial charge in [-0.2, -0.15) is 0 Å². The Hall–Kier alpha value is 0.180. The van der Waals surface area contributed by atoms with Gasteiger partial charge in [0.05, 0.1) is 0 Å². The normalized spacial score (nSPS) is 12.6. The zero-order valence-electron chi connectivity index (χ0n) is 5.67. The van der Waals surface area contributed by atoms with E-state index in [1.807, 2.05) is 33.7 Å². The first-order chi connectivity index (χ1) is 4.31. The molecule has 0 nitrogen and oxygen atoms in total. The van der Waals surface area contributed by atoms with Gasteiger partial charge in [0.15, 0.2) is 0 Å². The molecule has 0 aliphatic rings. The number of hydrogen-bond acceptors (Lipinski definition) is 2. The molecule has 0 amide bonds. The zero-order chi connectivity index (χ0) is 7.11. The standard InChI is InChI=1S/C7H12S2/c1-4-6-8-9-7(3)5-2/h4-5,7H,1-2,6H2,3H3. The Morgan fingerprint density at radius 3 is 2.67 bits per heavy atom. The highest BCUT2D eigenvalue weighted by Gasteiger charge is 1.93. The lowest BCUT2D eigenvalue weighted by molar-refractivity contribution is 1.27. The maximum Gasteiger partial charge on any atom is 0.0300 e. The minimum atomic E-state index is 0.551. The molecule has 0 aromatic rings. The third kappa shape index (κ3) is 6.06. The molecule has 0 heterocycles. The third-order valence-electron chi connectivity index (χ3n) is 0.738. The van der Waals surface area contributed by atoms with Crippen LogP contribution in [0.5, 0.6) is 0 Å². The van der Waals surface area contributed by atoms with Crippen molar-refractivity contribution in [1.29, 1.82) is 0 Å². The van der Waals surface area contributed by atoms with Gasteiger partial charge in [-0.25, -0.2) is 0 Å². The van der Waals surface area contributed by atoms with E-state index in [4.69, 9.17) is 0 Å². The molecular weight excluding hydrogens is 148 g/mol. The van der Waals surface area contributed by atoms with Crippen molar-refractivity contribution in [2.45, 2.75) is 12.2 Å². The van der Waals surface area contributed by atoms with Gasteiger partial charge in [-0.15, -0.1) is 13.2 Å². The van der Waals surface area contributed by atoms with E-state index < -0.39 is 0 Å². The largest absolute Gasteiger partial charge is 0.102 e. The van der Waals surface area contributed by atoms with Crippen molar-refractivity contribution in [2.75, 3.05) is 5.75 Å². The summed E-state index contributed by atoms with van der Waals surface area (Å²) in [7, 11) is 3.64. The Bertz CT molecular complexity index is 88.9. The first-order valence-electron chi connectivity index (χ1n) is 2.83. The van der Waals surface area contributed by atoms with Crippen LogP contribution in [0, 0.1) is 0 Å². The fourth-order valence-corrected chi connectivity index (χ4v) is 2.11. The maximum absolute atomic E-state index is 3.68. The number of rotatable bonds is 5. The van der Waals surface area contributed by atoms with Crippen molar-refractivity contribution in [3.63, 3.8) is 0 Å². The molecule has 0 rings (SSSR count). The summed E-state index contributed by atoms with van der Waals surface area (Å²) in [4.78, 5) is 0. The molecule has 0 aromatic heterocycles. The molecular formula is C7H12S2. The molecule has 0 aliphatic carbocycles. The van der Waals surface area contributed by atoms with E-state index in [2.05, 4.69) is 20.1 Å². The van der Waals surface area contributed by atoms with Gasteiger partial charge in [-0.3, -0.25) is 0 Å². The van der Waals surface area contributed by atoms with Gasteiger partial charge < -0.3 is 0 Å². The van der Waals surface area contributed by atoms with Crippen LogP contribution in [-0.2, 0) is 0 Å². The minimum absolute atomic E-state index is 0.551. The summed E-state index contributed by atoms with van der Waals surface area (Å²) in [6.45, 7) is 9.44. The van der Waals surface area contributed by atoms with Crippen LogP contribution in [-0.4, -0.2) is 11.0 Å². The Kier molecular flexibility index (Phi) is 6.43. The maximum atomic E-state index is 3.68. The highest BCUT2D eigenvalue weighted by Crippen LogP contribution is 2.26. The lowest BCUT2D eigenvalue weighted by atomic mass is 10.5. The fraction of sp³-hybridized carbons (Fsp3) is 0.429. The summed E-state index contributed by atoms with van der Waals surface area (Å²) in [5.74, 6) is 1.02. The second kappa shape index (κ2) is 6.30. The summed E-state index contributed by atoms with van der Waals surface area (Å²) >= 11 is 0. The molecule has 52 valence electrons. The molecule has 0 saturated carbocycles. The average Bonchev–Trinajstić information content (AvgIpc) is 1.89. The van der Waals surface area contributed by atoms with Gasteiger partial charge in [0.2, 0.25) is 0 Å². The molecule has 0 aliphatic heterocycles. The molecule has 2 heteroatoms. The highest BCUT2D eigenvalue weighted by molar-refractivity contribution is 8.77. The first-order valence-corrected chi connectivity index (χ1v) is 5.21. The monoisotopic (exact) mass is 160 g/mol. The second-order valence-corrected chi connectivity index (χ2v) is 4.40. The molecule has 0 saturated heterocycles. The smallest absolute Gasteiger partial charge is 0.0300 e. The Labute approximate surface area is 65.2 Å². The van der Waals surface area contributed by atoms with Gasteiger partial charge >= 0.3 is 0 Å². The highest BCUT2D eigenvalue weighted by atomic mass is 33.1. The summed E-state index contributed by atoms with van der Waals surface area (Å²) in [6, 6.07) is 0. The van der Waals surface area contributed by atoms with Gasteiger partial charge in [0, 0.05) is 11.0 Å². The van der Waals surface area contributed by atoms with Crippen molar-refractivity contribution in [3.05, 3.63) is 25.3 Å². The first kappa shape index (κ1) is 9.18. The minimum Gasteiger partial charge on any atom is -0.102 e. The van der Waals surface area contributed by atoms with E-state index >= 15 is 0 Å². The molecule has 1 unspecified atom stereocenters. The quantitative estimate of drug-likeness (QED) is 0.344. The Balaban J connectivity index is 3.05. The van der Waals surface area contributed by atoms with Gasteiger partial charge in [0.1, 0.15) is 0 Å². The van der Waals surface area contributed by atoms with Crippen LogP contribution in [0.1, 0.15) is 6.92 Å². The van der Waals surface area contributed by atoms with Crippen LogP contribution >= 0.6 is 21.6 Å². The van der Waals surface area contributed by atoms with Crippen LogP contribution in [0.25, 0.3) is 0 Å². The predicted molar refractivity (Wildman–Crippen MR) is 49.9 cm³/mol. The molecule has 0 radical (unpaired) electrons. The van der Waals surface area contributed by atoms with E-state index in [-0.39, 0.29) is 0 Å². The molecule has 0 spiro atoms. The van der Waals surface area contributed by atoms with Crippen molar-refractivity contribution in [2.24, 2.45) is 0 Å². The topological polar surface area (TPSA) is 0 Å². The second-order valence-electron chi connectivity index (χ2n) is 1.61. The predicted octanol–water partition coefficient (Wildman–Crippen LogP) is 3.13. The summed E-state index contributed by atoms with van der Waals surface area (Å²) in [5, 5.41) is 0.551. The van der Waals surface area contributed by atoms with Crippen molar-refractivity contribution >= 4 is 21.6 Å². The Morgan fingerprint density at radius 2 is 2.22 bits per heavy atom. The zero-order valence-corrected chi connectivity index (χ0v) is 7.30. The lowest BCUT2D eigenvalue weighted by Crippen LogP contribution is -1.83. The van der Waals surface area contributed by atoms with Crippen LogP contribution in [0.3, 0.4) is 0 Å². The molecule has 0 N–H and O–H groups in total. The molecule has 0 aromatic carbocycles. The van der Waals surface area contributed by atoms with E-state index in [9.17, 15) is 0 Å². The van der Waals surface area contributed by atoms with Crippen LogP contribution in [0.15, 0.2) is 25.3 Å². The van der Waals surface area contributed by atoms with Gasteiger partial charge in [-0.1, -0.05) is 33.7 Å². The SMILES string of the molecule is C=CCSSC(C)C=C. The summed E-state index contributed by atoms with van der Waals surface area (Å²) in [5.41, 5.74) is 0. The van der Waals surface area contributed by atoms with Crippen molar-refractivity contribution < 1.29 is 0 Å². The van der Waals surface area contributed by atoms with E-state index in [0.29, 0.717) is 5.25 Å². The van der Waals surface area contributed by atoms with E-state index in [0.717, 1.165) is 5.75 Å². The van der Waals surface area contributed by atoms with Crippen molar-refractivity contribution in [1.82, 2.24) is 0 Å². The van der Waals surface area contributed by atoms with Gasteiger partial charge in [0.25, 0.3) is 0 Å². The van der Waals surface area contributed by atoms with E-state index in [1.54, 1.807) is 0 Å². The summed E-state index contributed by atoms with van der Waals surface area (Å²) in [6.07, 6.45) is 3.86. The summed E-state index contributed by atoms with van der Waals surface area (Å²) < 4.78 is 0. The lowest BCUT2D eigenvalue weighted by Gasteiger charge is -2.00.